The molecular weight excluding hydrogens is 312 g/mol. The van der Waals surface area contributed by atoms with Crippen LogP contribution in [-0.4, -0.2) is 23.5 Å². The summed E-state index contributed by atoms with van der Waals surface area (Å²) in [5, 5.41) is 16.9. The van der Waals surface area contributed by atoms with Gasteiger partial charge in [-0.2, -0.15) is 0 Å². The van der Waals surface area contributed by atoms with Gasteiger partial charge in [0.25, 0.3) is 0 Å². The molecule has 0 saturated heterocycles. The molecular formula is C17H20N2O3S. The van der Waals surface area contributed by atoms with Gasteiger partial charge < -0.3 is 15.7 Å². The van der Waals surface area contributed by atoms with Crippen molar-refractivity contribution in [3.8, 4) is 0 Å². The number of benzene rings is 1. The Hall–Kier alpha value is -2.18. The van der Waals surface area contributed by atoms with E-state index < -0.39 is 17.9 Å². The van der Waals surface area contributed by atoms with Crippen molar-refractivity contribution in [3.05, 3.63) is 57.3 Å². The molecule has 6 heteroatoms. The quantitative estimate of drug-likeness (QED) is 0.731. The van der Waals surface area contributed by atoms with Gasteiger partial charge in [-0.3, -0.25) is 9.59 Å². The second kappa shape index (κ2) is 7.89. The lowest BCUT2D eigenvalue weighted by Gasteiger charge is -2.11. The van der Waals surface area contributed by atoms with E-state index in [1.807, 2.05) is 49.6 Å². The van der Waals surface area contributed by atoms with Crippen LogP contribution in [0.25, 0.3) is 0 Å². The maximum absolute atomic E-state index is 11.7. The van der Waals surface area contributed by atoms with Crippen LogP contribution in [0.4, 0.5) is 0 Å². The molecule has 23 heavy (non-hydrogen) atoms. The van der Waals surface area contributed by atoms with Crippen LogP contribution >= 0.6 is 11.3 Å². The van der Waals surface area contributed by atoms with E-state index in [9.17, 15) is 14.7 Å². The summed E-state index contributed by atoms with van der Waals surface area (Å²) in [6.07, 6.45) is -0.802. The summed E-state index contributed by atoms with van der Waals surface area (Å²) >= 11 is 1.42. The standard InChI is InChI=1S/C17H20N2O3S/c1-11-3-5-13(6-4-11)9-18-16(21)17(22)19-10-14(20)15-12(2)7-8-23-15/h3-8,14,20H,9-10H2,1-2H3,(H,18,21)(H,19,22). The number of hydrogen-bond donors (Lipinski definition) is 3. The molecule has 1 aromatic carbocycles. The fourth-order valence-electron chi connectivity index (χ4n) is 2.06. The summed E-state index contributed by atoms with van der Waals surface area (Å²) in [6.45, 7) is 4.18. The van der Waals surface area contributed by atoms with Crippen molar-refractivity contribution in [1.29, 1.82) is 0 Å². The normalized spacial score (nSPS) is 11.8. The largest absolute Gasteiger partial charge is 0.386 e. The number of rotatable bonds is 5. The van der Waals surface area contributed by atoms with Crippen LogP contribution in [-0.2, 0) is 16.1 Å². The molecule has 1 unspecified atom stereocenters. The number of carbonyl (C=O) groups is 2. The van der Waals surface area contributed by atoms with Crippen LogP contribution in [0.1, 0.15) is 27.7 Å². The first kappa shape index (κ1) is 17.2. The van der Waals surface area contributed by atoms with E-state index in [4.69, 9.17) is 0 Å². The Labute approximate surface area is 139 Å². The Morgan fingerprint density at radius 3 is 2.35 bits per heavy atom. The predicted octanol–water partition coefficient (Wildman–Crippen LogP) is 1.83. The number of thiophene rings is 1. The van der Waals surface area contributed by atoms with Crippen molar-refractivity contribution in [3.63, 3.8) is 0 Å². The molecule has 0 spiro atoms. The Balaban J connectivity index is 1.77. The lowest BCUT2D eigenvalue weighted by molar-refractivity contribution is -0.139. The zero-order valence-corrected chi connectivity index (χ0v) is 13.9. The van der Waals surface area contributed by atoms with Gasteiger partial charge in [0, 0.05) is 18.0 Å². The number of aryl methyl sites for hydroxylation is 2. The molecule has 1 aromatic heterocycles. The summed E-state index contributed by atoms with van der Waals surface area (Å²) in [5.41, 5.74) is 3.03. The third kappa shape index (κ3) is 4.91. The van der Waals surface area contributed by atoms with Crippen molar-refractivity contribution < 1.29 is 14.7 Å². The molecule has 0 aliphatic rings. The number of carbonyl (C=O) groups excluding carboxylic acids is 2. The van der Waals surface area contributed by atoms with Crippen molar-refractivity contribution >= 4 is 23.2 Å². The second-order valence-corrected chi connectivity index (χ2v) is 6.31. The van der Waals surface area contributed by atoms with E-state index >= 15 is 0 Å². The maximum atomic E-state index is 11.7. The Kier molecular flexibility index (Phi) is 5.90. The molecule has 122 valence electrons. The van der Waals surface area contributed by atoms with Crippen LogP contribution in [0.5, 0.6) is 0 Å². The number of amides is 2. The fraction of sp³-hybridized carbons (Fsp3) is 0.294. The van der Waals surface area contributed by atoms with Crippen LogP contribution in [0.3, 0.4) is 0 Å². The number of hydrogen-bond acceptors (Lipinski definition) is 4. The molecule has 2 aromatic rings. The smallest absolute Gasteiger partial charge is 0.309 e. The molecule has 0 bridgehead atoms. The van der Waals surface area contributed by atoms with Gasteiger partial charge in [-0.05, 0) is 36.4 Å². The zero-order chi connectivity index (χ0) is 16.8. The highest BCUT2D eigenvalue weighted by molar-refractivity contribution is 7.10. The molecule has 5 nitrogen and oxygen atoms in total. The summed E-state index contributed by atoms with van der Waals surface area (Å²) in [7, 11) is 0. The Bertz CT molecular complexity index is 679. The van der Waals surface area contributed by atoms with E-state index in [-0.39, 0.29) is 6.54 Å². The first-order valence-electron chi connectivity index (χ1n) is 7.31. The van der Waals surface area contributed by atoms with Crippen LogP contribution in [0, 0.1) is 13.8 Å². The van der Waals surface area contributed by atoms with Gasteiger partial charge in [-0.25, -0.2) is 0 Å². The average molecular weight is 332 g/mol. The highest BCUT2D eigenvalue weighted by atomic mass is 32.1. The number of aliphatic hydroxyl groups excluding tert-OH is 1. The molecule has 0 aliphatic heterocycles. The van der Waals surface area contributed by atoms with Gasteiger partial charge in [-0.15, -0.1) is 11.3 Å². The molecule has 3 N–H and O–H groups in total. The minimum Gasteiger partial charge on any atom is -0.386 e. The third-order valence-electron chi connectivity index (χ3n) is 3.44. The van der Waals surface area contributed by atoms with E-state index in [0.29, 0.717) is 6.54 Å². The van der Waals surface area contributed by atoms with E-state index in [1.54, 1.807) is 0 Å². The van der Waals surface area contributed by atoms with Gasteiger partial charge in [0.05, 0.1) is 0 Å². The molecule has 0 aliphatic carbocycles. The highest BCUT2D eigenvalue weighted by Gasteiger charge is 2.17. The lowest BCUT2D eigenvalue weighted by Crippen LogP contribution is -2.41. The van der Waals surface area contributed by atoms with Gasteiger partial charge in [0.15, 0.2) is 0 Å². The summed E-state index contributed by atoms with van der Waals surface area (Å²) in [5.74, 6) is -1.45. The number of nitrogens with one attached hydrogen (secondary N) is 2. The first-order chi connectivity index (χ1) is 11.0. The SMILES string of the molecule is Cc1ccc(CNC(=O)C(=O)NCC(O)c2sccc2C)cc1. The van der Waals surface area contributed by atoms with E-state index in [2.05, 4.69) is 10.6 Å². The molecule has 2 rings (SSSR count). The Morgan fingerprint density at radius 2 is 1.74 bits per heavy atom. The van der Waals surface area contributed by atoms with Crippen molar-refractivity contribution in [1.82, 2.24) is 10.6 Å². The topological polar surface area (TPSA) is 78.4 Å². The molecule has 0 fully saturated rings. The zero-order valence-electron chi connectivity index (χ0n) is 13.1. The fourth-order valence-corrected chi connectivity index (χ4v) is 2.97. The molecule has 1 heterocycles. The molecule has 2 amide bonds. The second-order valence-electron chi connectivity index (χ2n) is 5.36. The summed E-state index contributed by atoms with van der Waals surface area (Å²) in [4.78, 5) is 24.3. The number of aliphatic hydroxyl groups is 1. The first-order valence-corrected chi connectivity index (χ1v) is 8.19. The molecule has 0 saturated carbocycles. The minimum absolute atomic E-state index is 0.0120. The van der Waals surface area contributed by atoms with Crippen LogP contribution < -0.4 is 10.6 Å². The molecule has 0 radical (unpaired) electrons. The van der Waals surface area contributed by atoms with Gasteiger partial charge in [0.2, 0.25) is 0 Å². The van der Waals surface area contributed by atoms with Gasteiger partial charge in [0.1, 0.15) is 6.10 Å². The van der Waals surface area contributed by atoms with Crippen molar-refractivity contribution in [2.75, 3.05) is 6.54 Å². The minimum atomic E-state index is -0.802. The molecule has 1 atom stereocenters. The van der Waals surface area contributed by atoms with E-state index in [1.165, 1.54) is 11.3 Å². The highest BCUT2D eigenvalue weighted by Crippen LogP contribution is 2.22. The van der Waals surface area contributed by atoms with Gasteiger partial charge >= 0.3 is 11.8 Å². The van der Waals surface area contributed by atoms with E-state index in [0.717, 1.165) is 21.6 Å². The third-order valence-corrected chi connectivity index (χ3v) is 4.56. The predicted molar refractivity (Wildman–Crippen MR) is 90.1 cm³/mol. The monoisotopic (exact) mass is 332 g/mol. The van der Waals surface area contributed by atoms with Crippen LogP contribution in [0.2, 0.25) is 0 Å². The summed E-state index contributed by atoms with van der Waals surface area (Å²) in [6, 6.07) is 9.59. The van der Waals surface area contributed by atoms with Crippen molar-refractivity contribution in [2.45, 2.75) is 26.5 Å². The summed E-state index contributed by atoms with van der Waals surface area (Å²) < 4.78 is 0. The maximum Gasteiger partial charge on any atom is 0.309 e. The lowest BCUT2D eigenvalue weighted by atomic mass is 10.1. The average Bonchev–Trinajstić information content (AvgIpc) is 2.97. The van der Waals surface area contributed by atoms with Gasteiger partial charge in [-0.1, -0.05) is 29.8 Å². The Morgan fingerprint density at radius 1 is 1.09 bits per heavy atom. The van der Waals surface area contributed by atoms with Crippen LogP contribution in [0.15, 0.2) is 35.7 Å². The van der Waals surface area contributed by atoms with Crippen molar-refractivity contribution in [2.24, 2.45) is 0 Å².